The Morgan fingerprint density at radius 3 is 1.87 bits per heavy atom. The van der Waals surface area contributed by atoms with Gasteiger partial charge >= 0.3 is 0 Å². The summed E-state index contributed by atoms with van der Waals surface area (Å²) in [6.45, 7) is 12.9. The first-order valence-corrected chi connectivity index (χ1v) is 5.48. The lowest BCUT2D eigenvalue weighted by Crippen LogP contribution is -2.54. The Morgan fingerprint density at radius 2 is 1.53 bits per heavy atom. The molecule has 0 aliphatic rings. The number of nitrogens with one attached hydrogen (secondary N) is 2. The molecule has 0 saturated heterocycles. The largest absolute Gasteiger partial charge is 0.354 e. The van der Waals surface area contributed by atoms with Crippen LogP contribution < -0.4 is 10.6 Å². The zero-order chi connectivity index (χ0) is 12.3. The highest BCUT2D eigenvalue weighted by Gasteiger charge is 2.39. The van der Waals surface area contributed by atoms with Crippen molar-refractivity contribution in [3.05, 3.63) is 0 Å². The SMILES string of the molecule is CNC(C)(C)C(C)(C)CC(C)(C)NC=O. The lowest BCUT2D eigenvalue weighted by atomic mass is 9.68. The summed E-state index contributed by atoms with van der Waals surface area (Å²) in [6.07, 6.45) is 1.70. The molecule has 0 aromatic heterocycles. The summed E-state index contributed by atoms with van der Waals surface area (Å²) < 4.78 is 0. The number of rotatable bonds is 6. The predicted molar refractivity (Wildman–Crippen MR) is 64.8 cm³/mol. The first-order chi connectivity index (χ1) is 6.58. The molecular formula is C12H26N2O. The predicted octanol–water partition coefficient (Wildman–Crippen LogP) is 1.93. The highest BCUT2D eigenvalue weighted by atomic mass is 16.1. The second kappa shape index (κ2) is 4.52. The third-order valence-electron chi connectivity index (χ3n) is 3.65. The van der Waals surface area contributed by atoms with E-state index in [2.05, 4.69) is 52.2 Å². The fourth-order valence-electron chi connectivity index (χ4n) is 1.87. The van der Waals surface area contributed by atoms with Gasteiger partial charge in [-0.05, 0) is 46.6 Å². The number of carbonyl (C=O) groups excluding carboxylic acids is 1. The lowest BCUT2D eigenvalue weighted by Gasteiger charge is -2.45. The number of hydrogen-bond acceptors (Lipinski definition) is 2. The fourth-order valence-corrected chi connectivity index (χ4v) is 1.87. The van der Waals surface area contributed by atoms with Gasteiger partial charge in [-0.3, -0.25) is 4.79 Å². The van der Waals surface area contributed by atoms with Gasteiger partial charge in [-0.1, -0.05) is 13.8 Å². The van der Waals surface area contributed by atoms with Crippen LogP contribution in [0, 0.1) is 5.41 Å². The van der Waals surface area contributed by atoms with E-state index in [9.17, 15) is 4.79 Å². The number of carbonyl (C=O) groups is 1. The third kappa shape index (κ3) is 3.82. The zero-order valence-corrected chi connectivity index (χ0v) is 11.2. The molecule has 0 aliphatic heterocycles. The quantitative estimate of drug-likeness (QED) is 0.663. The second-order valence-electron chi connectivity index (χ2n) is 6.08. The van der Waals surface area contributed by atoms with Gasteiger partial charge in [0.25, 0.3) is 0 Å². The van der Waals surface area contributed by atoms with Gasteiger partial charge < -0.3 is 10.6 Å². The first kappa shape index (κ1) is 14.4. The van der Waals surface area contributed by atoms with Crippen LogP contribution in [0.1, 0.15) is 48.0 Å². The number of amides is 1. The molecule has 15 heavy (non-hydrogen) atoms. The van der Waals surface area contributed by atoms with Crippen LogP contribution in [0.15, 0.2) is 0 Å². The summed E-state index contributed by atoms with van der Waals surface area (Å²) in [5, 5.41) is 6.20. The molecule has 0 saturated carbocycles. The van der Waals surface area contributed by atoms with Crippen LogP contribution in [-0.4, -0.2) is 24.5 Å². The van der Waals surface area contributed by atoms with Gasteiger partial charge in [0.2, 0.25) is 6.41 Å². The molecule has 0 unspecified atom stereocenters. The Balaban J connectivity index is 4.69. The summed E-state index contributed by atoms with van der Waals surface area (Å²) in [6, 6.07) is 0. The summed E-state index contributed by atoms with van der Waals surface area (Å²) >= 11 is 0. The zero-order valence-electron chi connectivity index (χ0n) is 11.2. The summed E-state index contributed by atoms with van der Waals surface area (Å²) in [5.74, 6) is 0. The fraction of sp³-hybridized carbons (Fsp3) is 0.917. The van der Waals surface area contributed by atoms with E-state index in [1.165, 1.54) is 0 Å². The normalized spacial score (nSPS) is 13.8. The van der Waals surface area contributed by atoms with Crippen molar-refractivity contribution in [3.8, 4) is 0 Å². The first-order valence-electron chi connectivity index (χ1n) is 5.48. The molecule has 3 heteroatoms. The Morgan fingerprint density at radius 1 is 1.07 bits per heavy atom. The number of hydrogen-bond donors (Lipinski definition) is 2. The molecule has 0 bridgehead atoms. The molecule has 0 aliphatic carbocycles. The van der Waals surface area contributed by atoms with Crippen molar-refractivity contribution in [3.63, 3.8) is 0 Å². The Bertz CT molecular complexity index is 220. The third-order valence-corrected chi connectivity index (χ3v) is 3.65. The van der Waals surface area contributed by atoms with Gasteiger partial charge in [0.15, 0.2) is 0 Å². The van der Waals surface area contributed by atoms with Crippen LogP contribution in [0.3, 0.4) is 0 Å². The Labute approximate surface area is 94.0 Å². The van der Waals surface area contributed by atoms with Crippen LogP contribution in [0.25, 0.3) is 0 Å². The molecule has 0 heterocycles. The molecule has 1 amide bonds. The van der Waals surface area contributed by atoms with E-state index in [0.717, 1.165) is 12.8 Å². The van der Waals surface area contributed by atoms with Gasteiger partial charge in [-0.2, -0.15) is 0 Å². The van der Waals surface area contributed by atoms with Crippen molar-refractivity contribution in [2.45, 2.75) is 59.0 Å². The van der Waals surface area contributed by atoms with Gasteiger partial charge in [0.1, 0.15) is 0 Å². The van der Waals surface area contributed by atoms with Crippen LogP contribution >= 0.6 is 0 Å². The maximum atomic E-state index is 10.5. The van der Waals surface area contributed by atoms with Gasteiger partial charge in [0, 0.05) is 11.1 Å². The van der Waals surface area contributed by atoms with E-state index >= 15 is 0 Å². The highest BCUT2D eigenvalue weighted by molar-refractivity contribution is 5.47. The standard InChI is InChI=1S/C12H26N2O/c1-10(2,12(5,6)13-7)8-11(3,4)14-9-15/h9,13H,8H2,1-7H3,(H,14,15). The molecule has 0 spiro atoms. The maximum absolute atomic E-state index is 10.5. The van der Waals surface area contributed by atoms with Crippen molar-refractivity contribution in [1.29, 1.82) is 0 Å². The molecule has 3 nitrogen and oxygen atoms in total. The molecule has 0 aromatic carbocycles. The van der Waals surface area contributed by atoms with E-state index in [1.54, 1.807) is 0 Å². The van der Waals surface area contributed by atoms with Gasteiger partial charge in [-0.25, -0.2) is 0 Å². The highest BCUT2D eigenvalue weighted by Crippen LogP contribution is 2.37. The minimum Gasteiger partial charge on any atom is -0.354 e. The minimum atomic E-state index is -0.167. The van der Waals surface area contributed by atoms with Crippen molar-refractivity contribution < 1.29 is 4.79 Å². The lowest BCUT2D eigenvalue weighted by molar-refractivity contribution is -0.111. The molecule has 0 rings (SSSR count). The second-order valence-corrected chi connectivity index (χ2v) is 6.08. The van der Waals surface area contributed by atoms with Crippen LogP contribution in [-0.2, 0) is 4.79 Å². The van der Waals surface area contributed by atoms with E-state index in [0.29, 0.717) is 0 Å². The molecule has 0 aromatic rings. The summed E-state index contributed by atoms with van der Waals surface area (Å²) in [4.78, 5) is 10.5. The van der Waals surface area contributed by atoms with Crippen LogP contribution in [0.2, 0.25) is 0 Å². The van der Waals surface area contributed by atoms with E-state index in [-0.39, 0.29) is 16.5 Å². The average Bonchev–Trinajstić information content (AvgIpc) is 2.01. The van der Waals surface area contributed by atoms with E-state index < -0.39 is 0 Å². The topological polar surface area (TPSA) is 41.1 Å². The Hall–Kier alpha value is -0.570. The molecule has 2 N–H and O–H groups in total. The summed E-state index contributed by atoms with van der Waals surface area (Å²) in [5.41, 5.74) is -0.0323. The van der Waals surface area contributed by atoms with Crippen molar-refractivity contribution >= 4 is 6.41 Å². The van der Waals surface area contributed by atoms with Gasteiger partial charge in [-0.15, -0.1) is 0 Å². The minimum absolute atomic E-state index is 0.0365. The van der Waals surface area contributed by atoms with Crippen molar-refractivity contribution in [2.75, 3.05) is 7.05 Å². The molecule has 0 radical (unpaired) electrons. The van der Waals surface area contributed by atoms with E-state index in [4.69, 9.17) is 0 Å². The summed E-state index contributed by atoms with van der Waals surface area (Å²) in [7, 11) is 1.97. The van der Waals surface area contributed by atoms with Gasteiger partial charge in [0.05, 0.1) is 0 Å². The molecular weight excluding hydrogens is 188 g/mol. The van der Waals surface area contributed by atoms with Crippen molar-refractivity contribution in [2.24, 2.45) is 5.41 Å². The van der Waals surface area contributed by atoms with Crippen molar-refractivity contribution in [1.82, 2.24) is 10.6 Å². The average molecular weight is 214 g/mol. The monoisotopic (exact) mass is 214 g/mol. The Kier molecular flexibility index (Phi) is 4.35. The molecule has 0 fully saturated rings. The van der Waals surface area contributed by atoms with E-state index in [1.807, 2.05) is 7.05 Å². The molecule has 0 atom stereocenters. The molecule has 90 valence electrons. The maximum Gasteiger partial charge on any atom is 0.207 e. The van der Waals surface area contributed by atoms with Crippen LogP contribution in [0.4, 0.5) is 0 Å². The van der Waals surface area contributed by atoms with Crippen LogP contribution in [0.5, 0.6) is 0 Å². The smallest absolute Gasteiger partial charge is 0.207 e.